The van der Waals surface area contributed by atoms with E-state index in [-0.39, 0.29) is 18.5 Å². The number of hydrogen-bond acceptors (Lipinski definition) is 4. The summed E-state index contributed by atoms with van der Waals surface area (Å²) in [5, 5.41) is 3.00. The van der Waals surface area contributed by atoms with Crippen LogP contribution in [0.3, 0.4) is 0 Å². The molecule has 2 fully saturated rings. The van der Waals surface area contributed by atoms with Gasteiger partial charge in [-0.2, -0.15) is 0 Å². The van der Waals surface area contributed by atoms with Crippen molar-refractivity contribution >= 4 is 33.3 Å². The van der Waals surface area contributed by atoms with E-state index in [1.165, 1.54) is 0 Å². The fourth-order valence-electron chi connectivity index (χ4n) is 4.67. The molecule has 1 amide bonds. The first-order valence-electron chi connectivity index (χ1n) is 8.13. The summed E-state index contributed by atoms with van der Waals surface area (Å²) in [6, 6.07) is 5.34. The maximum Gasteiger partial charge on any atom is 0.232 e. The van der Waals surface area contributed by atoms with E-state index in [1.54, 1.807) is 18.2 Å². The molecule has 1 aromatic rings. The van der Waals surface area contributed by atoms with Crippen molar-refractivity contribution in [2.24, 2.45) is 16.2 Å². The van der Waals surface area contributed by atoms with Crippen LogP contribution in [0.1, 0.15) is 33.6 Å². The second-order valence-corrected chi connectivity index (χ2v) is 8.59. The Morgan fingerprint density at radius 3 is 2.58 bits per heavy atom. The minimum atomic E-state index is -0.741. The summed E-state index contributed by atoms with van der Waals surface area (Å²) in [6.45, 7) is 6.27. The molecule has 1 aliphatic heterocycles. The van der Waals surface area contributed by atoms with E-state index >= 15 is 0 Å². The summed E-state index contributed by atoms with van der Waals surface area (Å²) in [4.78, 5) is 25.5. The molecule has 3 aliphatic rings. The average molecular weight is 394 g/mol. The van der Waals surface area contributed by atoms with Gasteiger partial charge in [0, 0.05) is 17.2 Å². The third-order valence-corrected chi connectivity index (χ3v) is 7.95. The molecule has 4 rings (SSSR count). The Balaban J connectivity index is 1.68. The van der Waals surface area contributed by atoms with Gasteiger partial charge in [0.25, 0.3) is 0 Å². The summed E-state index contributed by atoms with van der Waals surface area (Å²) in [7, 11) is 0. The standard InChI is InChI=1S/C18H20BrNO4/c1-16(2)17(3)6-7-18(16,13(19)14(17)21)15(22)20-10-4-5-11-12(8-10)24-9-23-11/h4-5,8,13H,6-7,9H2,1-3H3,(H,20,22)/t13-,17-,18+/m0/s1. The number of amides is 1. The number of ketones is 1. The zero-order valence-corrected chi connectivity index (χ0v) is 15.5. The zero-order chi connectivity index (χ0) is 17.3. The summed E-state index contributed by atoms with van der Waals surface area (Å²) < 4.78 is 10.7. The number of fused-ring (bicyclic) bond motifs is 3. The second kappa shape index (κ2) is 4.75. The minimum absolute atomic E-state index is 0.109. The molecule has 5 nitrogen and oxygen atoms in total. The van der Waals surface area contributed by atoms with Crippen LogP contribution in [0.2, 0.25) is 0 Å². The lowest BCUT2D eigenvalue weighted by Crippen LogP contribution is -2.47. The quantitative estimate of drug-likeness (QED) is 0.780. The van der Waals surface area contributed by atoms with Gasteiger partial charge in [-0.3, -0.25) is 9.59 Å². The number of Topliss-reactive ketones (excluding diaryl/α,β-unsaturated/α-hetero) is 1. The molecule has 0 unspecified atom stereocenters. The van der Waals surface area contributed by atoms with Crippen LogP contribution < -0.4 is 14.8 Å². The normalized spacial score (nSPS) is 35.3. The van der Waals surface area contributed by atoms with E-state index in [0.29, 0.717) is 23.6 Å². The smallest absolute Gasteiger partial charge is 0.232 e. The Morgan fingerprint density at radius 1 is 1.21 bits per heavy atom. The first-order chi connectivity index (χ1) is 11.2. The van der Waals surface area contributed by atoms with E-state index in [1.807, 2.05) is 20.8 Å². The Hall–Kier alpha value is -1.56. The van der Waals surface area contributed by atoms with Crippen LogP contribution in [-0.2, 0) is 9.59 Å². The van der Waals surface area contributed by atoms with Gasteiger partial charge in [0.1, 0.15) is 0 Å². The van der Waals surface area contributed by atoms with E-state index in [2.05, 4.69) is 21.2 Å². The van der Waals surface area contributed by atoms with Gasteiger partial charge in [-0.25, -0.2) is 0 Å². The molecule has 128 valence electrons. The molecule has 0 aromatic heterocycles. The van der Waals surface area contributed by atoms with Crippen LogP contribution in [0.25, 0.3) is 0 Å². The van der Waals surface area contributed by atoms with Gasteiger partial charge in [0.15, 0.2) is 17.3 Å². The van der Waals surface area contributed by atoms with Gasteiger partial charge in [0.05, 0.1) is 10.2 Å². The van der Waals surface area contributed by atoms with Gasteiger partial charge < -0.3 is 14.8 Å². The van der Waals surface area contributed by atoms with Gasteiger partial charge in [0.2, 0.25) is 12.7 Å². The predicted molar refractivity (Wildman–Crippen MR) is 92.5 cm³/mol. The third kappa shape index (κ3) is 1.65. The van der Waals surface area contributed by atoms with E-state index in [9.17, 15) is 9.59 Å². The van der Waals surface area contributed by atoms with Crippen LogP contribution in [0.4, 0.5) is 5.69 Å². The SMILES string of the molecule is CC1(C)[C@@]2(C)CC[C@]1(C(=O)Nc1ccc3c(c1)OCO3)[C@@H](Br)C2=O. The number of carbonyl (C=O) groups is 2. The highest BCUT2D eigenvalue weighted by Gasteiger charge is 2.76. The molecule has 0 radical (unpaired) electrons. The Morgan fingerprint density at radius 2 is 1.92 bits per heavy atom. The fourth-order valence-corrected chi connectivity index (χ4v) is 6.19. The largest absolute Gasteiger partial charge is 0.454 e. The van der Waals surface area contributed by atoms with Gasteiger partial charge in [-0.15, -0.1) is 0 Å². The molecule has 6 heteroatoms. The highest BCUT2D eigenvalue weighted by atomic mass is 79.9. The summed E-state index contributed by atoms with van der Waals surface area (Å²) in [5.74, 6) is 1.33. The summed E-state index contributed by atoms with van der Waals surface area (Å²) in [5.41, 5.74) is -0.962. The Kier molecular flexibility index (Phi) is 3.15. The highest BCUT2D eigenvalue weighted by Crippen LogP contribution is 2.72. The van der Waals surface area contributed by atoms with E-state index in [0.717, 1.165) is 6.42 Å². The molecular weight excluding hydrogens is 374 g/mol. The molecule has 2 aliphatic carbocycles. The van der Waals surface area contributed by atoms with Crippen molar-refractivity contribution in [3.05, 3.63) is 18.2 Å². The van der Waals surface area contributed by atoms with Crippen molar-refractivity contribution in [1.29, 1.82) is 0 Å². The number of hydrogen-bond donors (Lipinski definition) is 1. The molecular formula is C18H20BrNO4. The maximum absolute atomic E-state index is 13.2. The van der Waals surface area contributed by atoms with Crippen molar-refractivity contribution in [2.75, 3.05) is 12.1 Å². The molecule has 1 N–H and O–H groups in total. The number of benzene rings is 1. The van der Waals surface area contributed by atoms with Crippen molar-refractivity contribution in [1.82, 2.24) is 0 Å². The number of halogens is 1. The van der Waals surface area contributed by atoms with Crippen LogP contribution in [0, 0.1) is 16.2 Å². The zero-order valence-electron chi connectivity index (χ0n) is 13.9. The van der Waals surface area contributed by atoms with E-state index < -0.39 is 21.1 Å². The van der Waals surface area contributed by atoms with Crippen LogP contribution >= 0.6 is 15.9 Å². The molecule has 0 saturated heterocycles. The van der Waals surface area contributed by atoms with Crippen molar-refractivity contribution in [3.8, 4) is 11.5 Å². The fraction of sp³-hybridized carbons (Fsp3) is 0.556. The molecule has 1 aromatic carbocycles. The number of carbonyl (C=O) groups excluding carboxylic acids is 2. The average Bonchev–Trinajstić information content (AvgIpc) is 3.10. The lowest BCUT2D eigenvalue weighted by Gasteiger charge is -2.39. The Bertz CT molecular complexity index is 761. The number of anilines is 1. The molecule has 1 heterocycles. The lowest BCUT2D eigenvalue weighted by atomic mass is 9.64. The molecule has 3 atom stereocenters. The monoisotopic (exact) mass is 393 g/mol. The van der Waals surface area contributed by atoms with Crippen LogP contribution in [-0.4, -0.2) is 23.3 Å². The topological polar surface area (TPSA) is 64.6 Å². The van der Waals surface area contributed by atoms with E-state index in [4.69, 9.17) is 9.47 Å². The molecule has 2 bridgehead atoms. The van der Waals surface area contributed by atoms with Gasteiger partial charge in [-0.1, -0.05) is 36.7 Å². The van der Waals surface area contributed by atoms with Crippen molar-refractivity contribution < 1.29 is 19.1 Å². The summed E-state index contributed by atoms with van der Waals surface area (Å²) >= 11 is 3.54. The summed E-state index contributed by atoms with van der Waals surface area (Å²) in [6.07, 6.45) is 1.45. The Labute approximate surface area is 149 Å². The third-order valence-electron chi connectivity index (χ3n) is 6.76. The van der Waals surface area contributed by atoms with Crippen molar-refractivity contribution in [2.45, 2.75) is 38.4 Å². The van der Waals surface area contributed by atoms with Crippen LogP contribution in [0.5, 0.6) is 11.5 Å². The second-order valence-electron chi connectivity index (χ2n) is 7.68. The molecule has 0 spiro atoms. The molecule has 24 heavy (non-hydrogen) atoms. The first-order valence-corrected chi connectivity index (χ1v) is 9.05. The molecule has 2 saturated carbocycles. The number of ether oxygens (including phenoxy) is 2. The van der Waals surface area contributed by atoms with Gasteiger partial charge >= 0.3 is 0 Å². The number of alkyl halides is 1. The lowest BCUT2D eigenvalue weighted by molar-refractivity contribution is -0.130. The first kappa shape index (κ1) is 15.9. The van der Waals surface area contributed by atoms with Crippen LogP contribution in [0.15, 0.2) is 18.2 Å². The predicted octanol–water partition coefficient (Wildman–Crippen LogP) is 3.51. The number of nitrogens with one attached hydrogen (secondary N) is 1. The number of rotatable bonds is 2. The maximum atomic E-state index is 13.2. The minimum Gasteiger partial charge on any atom is -0.454 e. The highest BCUT2D eigenvalue weighted by molar-refractivity contribution is 9.10. The van der Waals surface area contributed by atoms with Crippen molar-refractivity contribution in [3.63, 3.8) is 0 Å². The van der Waals surface area contributed by atoms with Gasteiger partial charge in [-0.05, 0) is 30.4 Å².